The first-order chi connectivity index (χ1) is 17.5. The molecule has 2 aromatic rings. The van der Waals surface area contributed by atoms with E-state index in [4.69, 9.17) is 9.41 Å². The largest absolute Gasteiger partial charge is 0.458 e. The quantitative estimate of drug-likeness (QED) is 0.278. The van der Waals surface area contributed by atoms with E-state index in [-0.39, 0.29) is 28.0 Å². The number of aromatic nitrogens is 1. The highest BCUT2D eigenvalue weighted by molar-refractivity contribution is 6.74. The van der Waals surface area contributed by atoms with Gasteiger partial charge < -0.3 is 9.53 Å². The number of rotatable bonds is 6. The Labute approximate surface area is 230 Å². The Hall–Kier alpha value is -1.84. The topological polar surface area (TPSA) is 42.4 Å². The van der Waals surface area contributed by atoms with E-state index < -0.39 is 32.1 Å². The third-order valence-electron chi connectivity index (χ3n) is 8.36. The summed E-state index contributed by atoms with van der Waals surface area (Å²) in [6, 6.07) is 3.73. The van der Waals surface area contributed by atoms with Crippen LogP contribution in [0.2, 0.25) is 18.1 Å². The lowest BCUT2D eigenvalue weighted by molar-refractivity contribution is -0.289. The predicted octanol–water partition coefficient (Wildman–Crippen LogP) is 9.28. The fourth-order valence-corrected chi connectivity index (χ4v) is 6.40. The molecule has 1 aliphatic rings. The maximum atomic E-state index is 13.9. The van der Waals surface area contributed by atoms with Crippen molar-refractivity contribution in [3.63, 3.8) is 0 Å². The van der Waals surface area contributed by atoms with Crippen molar-refractivity contribution in [1.29, 1.82) is 0 Å². The summed E-state index contributed by atoms with van der Waals surface area (Å²) in [6.45, 7) is 21.2. The van der Waals surface area contributed by atoms with Crippen molar-refractivity contribution in [3.8, 4) is 0 Å². The molecule has 0 saturated heterocycles. The van der Waals surface area contributed by atoms with Gasteiger partial charge in [0.1, 0.15) is 6.10 Å². The van der Waals surface area contributed by atoms with Crippen molar-refractivity contribution < 1.29 is 31.5 Å². The molecule has 1 N–H and O–H groups in total. The molecule has 1 heterocycles. The SMILES string of the molecule is Cc1c2c(nc(C(C)C)c1C(O)c1ccc(C(F)(F)C(F)(F)F)cc1)CC(C)(C)CC2O[Si](C)(C)C(C)(C)C. The molecular weight excluding hydrogens is 529 g/mol. The maximum Gasteiger partial charge on any atom is 0.458 e. The second-order valence-electron chi connectivity index (χ2n) is 13.6. The van der Waals surface area contributed by atoms with Crippen LogP contribution in [0.4, 0.5) is 22.0 Å². The van der Waals surface area contributed by atoms with E-state index >= 15 is 0 Å². The van der Waals surface area contributed by atoms with E-state index in [9.17, 15) is 27.1 Å². The van der Waals surface area contributed by atoms with E-state index in [1.165, 1.54) is 0 Å². The minimum Gasteiger partial charge on any atom is -0.410 e. The summed E-state index contributed by atoms with van der Waals surface area (Å²) in [5.74, 6) is -5.04. The Morgan fingerprint density at radius 1 is 1.03 bits per heavy atom. The number of benzene rings is 1. The summed E-state index contributed by atoms with van der Waals surface area (Å²) in [5.41, 5.74) is 2.98. The Balaban J connectivity index is 2.16. The standard InChI is InChI=1S/C30H42F5NO2Si/c1-17(2)25-24(26(37)19-11-13-20(14-12-19)29(31,32)30(33,34)35)18(3)23-21(36-25)15-28(7,8)16-22(23)38-39(9,10)27(4,5)6/h11-14,17,22,26,37H,15-16H2,1-10H3. The van der Waals surface area contributed by atoms with Crippen molar-refractivity contribution in [3.05, 3.63) is 63.5 Å². The molecule has 1 aromatic carbocycles. The summed E-state index contributed by atoms with van der Waals surface area (Å²) in [7, 11) is -2.18. The van der Waals surface area contributed by atoms with Crippen LogP contribution < -0.4 is 0 Å². The predicted molar refractivity (Wildman–Crippen MR) is 147 cm³/mol. The summed E-state index contributed by atoms with van der Waals surface area (Å²) in [5, 5.41) is 11.5. The maximum absolute atomic E-state index is 13.9. The van der Waals surface area contributed by atoms with Gasteiger partial charge in [-0.05, 0) is 60.4 Å². The zero-order chi connectivity index (χ0) is 29.9. The molecule has 0 radical (unpaired) electrons. The zero-order valence-corrected chi connectivity index (χ0v) is 25.6. The molecule has 0 spiro atoms. The van der Waals surface area contributed by atoms with Gasteiger partial charge in [-0.25, -0.2) is 0 Å². The van der Waals surface area contributed by atoms with Crippen LogP contribution in [0.15, 0.2) is 24.3 Å². The second kappa shape index (κ2) is 10.2. The molecule has 2 unspecified atom stereocenters. The number of pyridine rings is 1. The van der Waals surface area contributed by atoms with Crippen LogP contribution in [-0.2, 0) is 16.8 Å². The molecule has 2 atom stereocenters. The molecule has 3 rings (SSSR count). The fraction of sp³-hybridized carbons (Fsp3) is 0.633. The Morgan fingerprint density at radius 3 is 2.03 bits per heavy atom. The van der Waals surface area contributed by atoms with Gasteiger partial charge in [0.25, 0.3) is 0 Å². The molecule has 1 aromatic heterocycles. The first-order valence-corrected chi connectivity index (χ1v) is 16.3. The number of alkyl halides is 5. The number of aliphatic hydroxyl groups excluding tert-OH is 1. The lowest BCUT2D eigenvalue weighted by Crippen LogP contribution is -2.44. The van der Waals surface area contributed by atoms with E-state index in [0.29, 0.717) is 11.3 Å². The first kappa shape index (κ1) is 31.7. The van der Waals surface area contributed by atoms with Gasteiger partial charge in [-0.15, -0.1) is 0 Å². The molecular formula is C30H42F5NO2Si. The summed E-state index contributed by atoms with van der Waals surface area (Å²) < 4.78 is 73.2. The normalized spacial score (nSPS) is 19.3. The highest BCUT2D eigenvalue weighted by Crippen LogP contribution is 2.50. The molecule has 0 fully saturated rings. The highest BCUT2D eigenvalue weighted by atomic mass is 28.4. The van der Waals surface area contributed by atoms with Gasteiger partial charge in [0.05, 0.1) is 6.10 Å². The summed E-state index contributed by atoms with van der Waals surface area (Å²) in [4.78, 5) is 5.05. The fourth-order valence-electron chi connectivity index (χ4n) is 5.13. The van der Waals surface area contributed by atoms with Crippen LogP contribution in [0.25, 0.3) is 0 Å². The lowest BCUT2D eigenvalue weighted by atomic mass is 9.72. The molecule has 0 saturated carbocycles. The molecule has 0 amide bonds. The van der Waals surface area contributed by atoms with Gasteiger partial charge in [-0.3, -0.25) is 4.98 Å². The Kier molecular flexibility index (Phi) is 8.29. The molecule has 3 nitrogen and oxygen atoms in total. The van der Waals surface area contributed by atoms with Crippen molar-refractivity contribution >= 4 is 8.32 Å². The van der Waals surface area contributed by atoms with Gasteiger partial charge in [0.2, 0.25) is 0 Å². The molecule has 0 bridgehead atoms. The van der Waals surface area contributed by atoms with Crippen LogP contribution >= 0.6 is 0 Å². The number of aliphatic hydroxyl groups is 1. The van der Waals surface area contributed by atoms with Crippen LogP contribution in [0.1, 0.15) is 112 Å². The van der Waals surface area contributed by atoms with Crippen LogP contribution in [0.5, 0.6) is 0 Å². The Morgan fingerprint density at radius 2 is 1.56 bits per heavy atom. The highest BCUT2D eigenvalue weighted by Gasteiger charge is 2.58. The van der Waals surface area contributed by atoms with E-state index in [0.717, 1.165) is 53.9 Å². The van der Waals surface area contributed by atoms with Gasteiger partial charge in [-0.1, -0.05) is 72.7 Å². The minimum absolute atomic E-state index is 0.0173. The zero-order valence-electron chi connectivity index (χ0n) is 24.6. The molecule has 218 valence electrons. The number of hydrogen-bond donors (Lipinski definition) is 1. The number of nitrogens with zero attached hydrogens (tertiary/aromatic N) is 1. The first-order valence-electron chi connectivity index (χ1n) is 13.4. The van der Waals surface area contributed by atoms with Crippen molar-refractivity contribution in [2.75, 3.05) is 0 Å². The smallest absolute Gasteiger partial charge is 0.410 e. The van der Waals surface area contributed by atoms with Gasteiger partial charge in [0, 0.05) is 28.1 Å². The lowest BCUT2D eigenvalue weighted by Gasteiger charge is -2.45. The number of halogens is 5. The number of fused-ring (bicyclic) bond motifs is 1. The monoisotopic (exact) mass is 571 g/mol. The van der Waals surface area contributed by atoms with Crippen molar-refractivity contribution in [2.24, 2.45) is 5.41 Å². The van der Waals surface area contributed by atoms with E-state index in [2.05, 4.69) is 47.7 Å². The Bertz CT molecular complexity index is 1200. The van der Waals surface area contributed by atoms with Crippen molar-refractivity contribution in [1.82, 2.24) is 4.98 Å². The van der Waals surface area contributed by atoms with Crippen LogP contribution in [0.3, 0.4) is 0 Å². The average Bonchev–Trinajstić information content (AvgIpc) is 2.75. The van der Waals surface area contributed by atoms with Crippen LogP contribution in [-0.4, -0.2) is 24.6 Å². The number of hydrogen-bond acceptors (Lipinski definition) is 3. The molecule has 39 heavy (non-hydrogen) atoms. The van der Waals surface area contributed by atoms with Crippen LogP contribution in [0, 0.1) is 12.3 Å². The second-order valence-corrected chi connectivity index (χ2v) is 18.3. The van der Waals surface area contributed by atoms with Gasteiger partial charge >= 0.3 is 12.1 Å². The molecule has 0 aliphatic heterocycles. The minimum atomic E-state index is -5.70. The van der Waals surface area contributed by atoms with Crippen molar-refractivity contribution in [2.45, 2.75) is 117 Å². The third kappa shape index (κ3) is 6.10. The van der Waals surface area contributed by atoms with Gasteiger partial charge in [0.15, 0.2) is 8.32 Å². The van der Waals surface area contributed by atoms with Gasteiger partial charge in [-0.2, -0.15) is 22.0 Å². The summed E-state index contributed by atoms with van der Waals surface area (Å²) in [6.07, 6.45) is -5.65. The third-order valence-corrected chi connectivity index (χ3v) is 12.9. The average molecular weight is 572 g/mol. The molecule has 1 aliphatic carbocycles. The summed E-state index contributed by atoms with van der Waals surface area (Å²) >= 11 is 0. The van der Waals surface area contributed by atoms with E-state index in [1.54, 1.807) is 0 Å². The van der Waals surface area contributed by atoms with E-state index in [1.807, 2.05) is 20.8 Å². The molecule has 9 heteroatoms.